The van der Waals surface area contributed by atoms with E-state index in [0.29, 0.717) is 22.1 Å². The van der Waals surface area contributed by atoms with Crippen LogP contribution in [0.1, 0.15) is 0 Å². The molecule has 5 heteroatoms. The number of hydrogen-bond acceptors (Lipinski definition) is 4. The Kier molecular flexibility index (Phi) is 3.01. The molecule has 0 spiro atoms. The van der Waals surface area contributed by atoms with Crippen molar-refractivity contribution in [3.63, 3.8) is 0 Å². The van der Waals surface area contributed by atoms with Gasteiger partial charge in [0.05, 0.1) is 12.8 Å². The maximum Gasteiger partial charge on any atom is 0.300 e. The van der Waals surface area contributed by atoms with Crippen LogP contribution in [0.3, 0.4) is 0 Å². The fourth-order valence-electron chi connectivity index (χ4n) is 1.82. The van der Waals surface area contributed by atoms with Crippen molar-refractivity contribution < 1.29 is 9.15 Å². The van der Waals surface area contributed by atoms with Crippen molar-refractivity contribution in [3.8, 4) is 5.75 Å². The van der Waals surface area contributed by atoms with E-state index in [1.807, 2.05) is 24.3 Å². The third kappa shape index (κ3) is 2.35. The molecule has 0 saturated heterocycles. The Bertz CT molecular complexity index is 724. The number of nitrogens with zero attached hydrogens (tertiary/aromatic N) is 1. The largest absolute Gasteiger partial charge is 0.495 e. The first-order valence-electron chi connectivity index (χ1n) is 5.72. The number of hydrogen-bond donors (Lipinski definition) is 1. The Balaban J connectivity index is 1.96. The summed E-state index contributed by atoms with van der Waals surface area (Å²) in [7, 11) is 1.62. The number of methoxy groups -OCH3 is 1. The minimum absolute atomic E-state index is 0.404. The monoisotopic (exact) mass is 274 g/mol. The van der Waals surface area contributed by atoms with Crippen molar-refractivity contribution in [1.29, 1.82) is 0 Å². The van der Waals surface area contributed by atoms with Crippen LogP contribution in [0.4, 0.5) is 11.7 Å². The van der Waals surface area contributed by atoms with Crippen molar-refractivity contribution in [2.75, 3.05) is 12.4 Å². The van der Waals surface area contributed by atoms with Gasteiger partial charge in [0.1, 0.15) is 11.3 Å². The van der Waals surface area contributed by atoms with Crippen molar-refractivity contribution in [2.24, 2.45) is 0 Å². The smallest absolute Gasteiger partial charge is 0.300 e. The van der Waals surface area contributed by atoms with Gasteiger partial charge in [-0.3, -0.25) is 0 Å². The van der Waals surface area contributed by atoms with Gasteiger partial charge in [-0.1, -0.05) is 23.7 Å². The second kappa shape index (κ2) is 4.82. The molecular formula is C14H11ClN2O2. The van der Waals surface area contributed by atoms with E-state index in [1.165, 1.54) is 0 Å². The van der Waals surface area contributed by atoms with Crippen LogP contribution in [-0.2, 0) is 0 Å². The van der Waals surface area contributed by atoms with Crippen LogP contribution < -0.4 is 10.1 Å². The van der Waals surface area contributed by atoms with Crippen LogP contribution in [0.25, 0.3) is 11.1 Å². The summed E-state index contributed by atoms with van der Waals surface area (Å²) in [5.41, 5.74) is 2.19. The lowest BCUT2D eigenvalue weighted by Crippen LogP contribution is -1.93. The maximum atomic E-state index is 5.91. The maximum absolute atomic E-state index is 5.91. The standard InChI is InChI=1S/C14H11ClN2O2/c1-18-12-5-3-2-4-10(12)16-14-17-11-8-9(15)6-7-13(11)19-14/h2-8H,1H3,(H,16,17). The molecule has 0 aliphatic carbocycles. The number of para-hydroxylation sites is 2. The summed E-state index contributed by atoms with van der Waals surface area (Å²) < 4.78 is 10.8. The van der Waals surface area contributed by atoms with Gasteiger partial charge in [-0.05, 0) is 30.3 Å². The van der Waals surface area contributed by atoms with E-state index >= 15 is 0 Å². The molecule has 0 atom stereocenters. The average molecular weight is 275 g/mol. The summed E-state index contributed by atoms with van der Waals surface area (Å²) >= 11 is 5.91. The average Bonchev–Trinajstić information content (AvgIpc) is 2.80. The molecule has 0 amide bonds. The zero-order valence-electron chi connectivity index (χ0n) is 10.2. The Morgan fingerprint density at radius 1 is 1.21 bits per heavy atom. The summed E-state index contributed by atoms with van der Waals surface area (Å²) in [6.45, 7) is 0. The molecule has 1 heterocycles. The molecule has 3 aromatic rings. The highest BCUT2D eigenvalue weighted by atomic mass is 35.5. The van der Waals surface area contributed by atoms with Crippen LogP contribution in [-0.4, -0.2) is 12.1 Å². The Morgan fingerprint density at radius 2 is 2.05 bits per heavy atom. The lowest BCUT2D eigenvalue weighted by atomic mass is 10.3. The molecule has 0 aliphatic heterocycles. The SMILES string of the molecule is COc1ccccc1Nc1nc2cc(Cl)ccc2o1. The minimum Gasteiger partial charge on any atom is -0.495 e. The second-order valence-electron chi connectivity index (χ2n) is 3.96. The minimum atomic E-state index is 0.404. The molecule has 0 saturated carbocycles. The second-order valence-corrected chi connectivity index (χ2v) is 4.39. The van der Waals surface area contributed by atoms with Gasteiger partial charge in [0, 0.05) is 5.02 Å². The molecule has 0 unspecified atom stereocenters. The number of anilines is 2. The third-order valence-electron chi connectivity index (χ3n) is 2.70. The molecule has 96 valence electrons. The van der Waals surface area contributed by atoms with E-state index in [9.17, 15) is 0 Å². The fraction of sp³-hybridized carbons (Fsp3) is 0.0714. The van der Waals surface area contributed by atoms with Gasteiger partial charge in [-0.25, -0.2) is 0 Å². The summed E-state index contributed by atoms with van der Waals surface area (Å²) in [5, 5.41) is 3.72. The number of aromatic nitrogens is 1. The number of ether oxygens (including phenoxy) is 1. The van der Waals surface area contributed by atoms with Gasteiger partial charge >= 0.3 is 0 Å². The summed E-state index contributed by atoms with van der Waals surface area (Å²) in [4.78, 5) is 4.33. The normalized spacial score (nSPS) is 10.6. The summed E-state index contributed by atoms with van der Waals surface area (Å²) in [6.07, 6.45) is 0. The molecule has 0 fully saturated rings. The zero-order valence-corrected chi connectivity index (χ0v) is 10.9. The van der Waals surface area contributed by atoms with Crippen molar-refractivity contribution >= 4 is 34.4 Å². The number of halogens is 1. The van der Waals surface area contributed by atoms with Crippen molar-refractivity contribution in [2.45, 2.75) is 0 Å². The quantitative estimate of drug-likeness (QED) is 0.776. The van der Waals surface area contributed by atoms with Crippen LogP contribution >= 0.6 is 11.6 Å². The molecule has 0 bridgehead atoms. The molecule has 0 aliphatic rings. The van der Waals surface area contributed by atoms with Crippen LogP contribution in [0.15, 0.2) is 46.9 Å². The van der Waals surface area contributed by atoms with E-state index in [2.05, 4.69) is 10.3 Å². The van der Waals surface area contributed by atoms with E-state index in [0.717, 1.165) is 11.4 Å². The lowest BCUT2D eigenvalue weighted by Gasteiger charge is -2.07. The molecule has 3 rings (SSSR count). The number of nitrogens with one attached hydrogen (secondary N) is 1. The predicted molar refractivity (Wildman–Crippen MR) is 75.3 cm³/mol. The number of benzene rings is 2. The molecule has 19 heavy (non-hydrogen) atoms. The Hall–Kier alpha value is -2.20. The first-order chi connectivity index (χ1) is 9.26. The molecule has 1 aromatic heterocycles. The first kappa shape index (κ1) is 11.9. The Morgan fingerprint density at radius 3 is 2.89 bits per heavy atom. The van der Waals surface area contributed by atoms with E-state index in [-0.39, 0.29) is 0 Å². The highest BCUT2D eigenvalue weighted by molar-refractivity contribution is 6.31. The predicted octanol–water partition coefficient (Wildman–Crippen LogP) is 4.23. The molecule has 2 aromatic carbocycles. The fourth-order valence-corrected chi connectivity index (χ4v) is 1.98. The van der Waals surface area contributed by atoms with Gasteiger partial charge in [-0.15, -0.1) is 0 Å². The highest BCUT2D eigenvalue weighted by Gasteiger charge is 2.08. The molecular weight excluding hydrogens is 264 g/mol. The zero-order chi connectivity index (χ0) is 13.2. The molecule has 4 nitrogen and oxygen atoms in total. The van der Waals surface area contributed by atoms with Crippen LogP contribution in [0.5, 0.6) is 5.75 Å². The third-order valence-corrected chi connectivity index (χ3v) is 2.93. The number of fused-ring (bicyclic) bond motifs is 1. The Labute approximate surface area is 115 Å². The highest BCUT2D eigenvalue weighted by Crippen LogP contribution is 2.29. The molecule has 0 radical (unpaired) electrons. The van der Waals surface area contributed by atoms with Crippen LogP contribution in [0.2, 0.25) is 5.02 Å². The van der Waals surface area contributed by atoms with Crippen molar-refractivity contribution in [3.05, 3.63) is 47.5 Å². The molecule has 1 N–H and O–H groups in total. The van der Waals surface area contributed by atoms with E-state index < -0.39 is 0 Å². The van der Waals surface area contributed by atoms with Gasteiger partial charge in [0.2, 0.25) is 0 Å². The van der Waals surface area contributed by atoms with Gasteiger partial charge in [0.15, 0.2) is 5.58 Å². The van der Waals surface area contributed by atoms with E-state index in [4.69, 9.17) is 20.8 Å². The first-order valence-corrected chi connectivity index (χ1v) is 6.10. The van der Waals surface area contributed by atoms with Crippen LogP contribution in [0, 0.1) is 0 Å². The lowest BCUT2D eigenvalue weighted by molar-refractivity contribution is 0.416. The summed E-state index contributed by atoms with van der Waals surface area (Å²) in [6, 6.07) is 13.3. The topological polar surface area (TPSA) is 47.3 Å². The van der Waals surface area contributed by atoms with Gasteiger partial charge in [0.25, 0.3) is 6.01 Å². The summed E-state index contributed by atoms with van der Waals surface area (Å²) in [5.74, 6) is 0.725. The van der Waals surface area contributed by atoms with Crippen molar-refractivity contribution in [1.82, 2.24) is 4.98 Å². The van der Waals surface area contributed by atoms with E-state index in [1.54, 1.807) is 25.3 Å². The van der Waals surface area contributed by atoms with Gasteiger partial charge < -0.3 is 14.5 Å². The number of rotatable bonds is 3. The number of oxazole rings is 1. The van der Waals surface area contributed by atoms with Gasteiger partial charge in [-0.2, -0.15) is 4.98 Å².